The monoisotopic (exact) mass is 425 g/mol. The van der Waals surface area contributed by atoms with Gasteiger partial charge in [-0.15, -0.1) is 0 Å². The first-order valence-electron chi connectivity index (χ1n) is 11.8. The number of carbonyl (C=O) groups excluding carboxylic acids is 2. The fourth-order valence-electron chi connectivity index (χ4n) is 5.24. The Labute approximate surface area is 185 Å². The molecule has 6 heteroatoms. The Morgan fingerprint density at radius 3 is 2.23 bits per heavy atom. The van der Waals surface area contributed by atoms with E-state index in [-0.39, 0.29) is 23.9 Å². The lowest BCUT2D eigenvalue weighted by Gasteiger charge is -2.37. The Morgan fingerprint density at radius 1 is 0.968 bits per heavy atom. The van der Waals surface area contributed by atoms with E-state index in [0.717, 1.165) is 62.9 Å². The van der Waals surface area contributed by atoms with Gasteiger partial charge in [0.05, 0.1) is 12.2 Å². The Balaban J connectivity index is 1.70. The second-order valence-electron chi connectivity index (χ2n) is 9.10. The van der Waals surface area contributed by atoms with Crippen LogP contribution in [0.4, 0.5) is 0 Å². The van der Waals surface area contributed by atoms with Gasteiger partial charge in [0.1, 0.15) is 11.4 Å². The number of nitrogens with zero attached hydrogens (tertiary/aromatic N) is 3. The molecule has 0 unspecified atom stereocenters. The number of piperidine rings is 1. The summed E-state index contributed by atoms with van der Waals surface area (Å²) in [6, 6.07) is 7.90. The molecule has 2 heterocycles. The predicted octanol–water partition coefficient (Wildman–Crippen LogP) is 3.52. The number of likely N-dealkylation sites (tertiary alicyclic amines) is 1. The molecule has 31 heavy (non-hydrogen) atoms. The summed E-state index contributed by atoms with van der Waals surface area (Å²) in [7, 11) is 4.13. The molecule has 0 atom stereocenters. The highest BCUT2D eigenvalue weighted by Crippen LogP contribution is 2.37. The fraction of sp³-hybridized carbons (Fsp3) is 0.600. The van der Waals surface area contributed by atoms with Crippen molar-refractivity contribution >= 4 is 17.4 Å². The Morgan fingerprint density at radius 2 is 1.61 bits per heavy atom. The van der Waals surface area contributed by atoms with Gasteiger partial charge in [0.2, 0.25) is 0 Å². The van der Waals surface area contributed by atoms with Crippen molar-refractivity contribution in [2.24, 2.45) is 0 Å². The number of hydrogen-bond donors (Lipinski definition) is 0. The molecular formula is C25H35N3O3. The van der Waals surface area contributed by atoms with E-state index >= 15 is 0 Å². The third-order valence-corrected chi connectivity index (χ3v) is 7.07. The van der Waals surface area contributed by atoms with E-state index in [1.807, 2.05) is 38.2 Å². The Bertz CT molecular complexity index is 834. The lowest BCUT2D eigenvalue weighted by Crippen LogP contribution is -2.46. The van der Waals surface area contributed by atoms with Gasteiger partial charge in [-0.1, -0.05) is 31.4 Å². The summed E-state index contributed by atoms with van der Waals surface area (Å²) in [5, 5.41) is 0. The van der Waals surface area contributed by atoms with Crippen LogP contribution in [0.3, 0.4) is 0 Å². The second-order valence-corrected chi connectivity index (χ2v) is 9.10. The van der Waals surface area contributed by atoms with Crippen LogP contribution in [-0.4, -0.2) is 72.4 Å². The number of benzene rings is 1. The first-order valence-corrected chi connectivity index (χ1v) is 11.8. The summed E-state index contributed by atoms with van der Waals surface area (Å²) < 4.78 is 5.57. The molecule has 0 radical (unpaired) electrons. The van der Waals surface area contributed by atoms with Crippen LogP contribution in [0, 0.1) is 0 Å². The van der Waals surface area contributed by atoms with E-state index in [0.29, 0.717) is 17.9 Å². The third kappa shape index (κ3) is 4.36. The highest BCUT2D eigenvalue weighted by molar-refractivity contribution is 6.35. The lowest BCUT2D eigenvalue weighted by molar-refractivity contribution is -0.141. The van der Waals surface area contributed by atoms with E-state index in [4.69, 9.17) is 4.74 Å². The zero-order chi connectivity index (χ0) is 22.0. The van der Waals surface area contributed by atoms with Crippen molar-refractivity contribution in [2.45, 2.75) is 64.0 Å². The zero-order valence-corrected chi connectivity index (χ0v) is 19.1. The van der Waals surface area contributed by atoms with Gasteiger partial charge in [0.15, 0.2) is 0 Å². The molecule has 2 fully saturated rings. The smallest absolute Gasteiger partial charge is 0.278 e. The summed E-state index contributed by atoms with van der Waals surface area (Å²) in [6.45, 7) is 4.57. The van der Waals surface area contributed by atoms with Gasteiger partial charge in [-0.3, -0.25) is 14.5 Å². The minimum Gasteiger partial charge on any atom is -0.494 e. The summed E-state index contributed by atoms with van der Waals surface area (Å²) in [4.78, 5) is 33.3. The largest absolute Gasteiger partial charge is 0.494 e. The minimum atomic E-state index is -0.129. The highest BCUT2D eigenvalue weighted by Gasteiger charge is 2.45. The van der Waals surface area contributed by atoms with Crippen molar-refractivity contribution in [3.05, 3.63) is 35.5 Å². The maximum absolute atomic E-state index is 13.7. The van der Waals surface area contributed by atoms with Crippen LogP contribution in [0.1, 0.15) is 57.4 Å². The summed E-state index contributed by atoms with van der Waals surface area (Å²) in [6.07, 6.45) is 7.18. The zero-order valence-electron chi connectivity index (χ0n) is 19.1. The first-order chi connectivity index (χ1) is 15.0. The van der Waals surface area contributed by atoms with Crippen LogP contribution in [0.25, 0.3) is 5.57 Å². The average Bonchev–Trinajstić information content (AvgIpc) is 3.05. The van der Waals surface area contributed by atoms with Crippen LogP contribution in [-0.2, 0) is 9.59 Å². The predicted molar refractivity (Wildman–Crippen MR) is 122 cm³/mol. The molecule has 6 nitrogen and oxygen atoms in total. The van der Waals surface area contributed by atoms with Crippen LogP contribution in [0.5, 0.6) is 5.75 Å². The maximum Gasteiger partial charge on any atom is 0.278 e. The summed E-state index contributed by atoms with van der Waals surface area (Å²) >= 11 is 0. The van der Waals surface area contributed by atoms with Crippen molar-refractivity contribution < 1.29 is 14.3 Å². The molecule has 1 aromatic carbocycles. The Hall–Kier alpha value is -2.34. The number of ether oxygens (including phenoxy) is 1. The molecule has 0 N–H and O–H groups in total. The topological polar surface area (TPSA) is 53.1 Å². The average molecular weight is 426 g/mol. The van der Waals surface area contributed by atoms with Gasteiger partial charge >= 0.3 is 0 Å². The molecule has 1 saturated carbocycles. The molecule has 0 aromatic heterocycles. The highest BCUT2D eigenvalue weighted by atomic mass is 16.5. The van der Waals surface area contributed by atoms with Crippen molar-refractivity contribution in [3.63, 3.8) is 0 Å². The number of imide groups is 1. The van der Waals surface area contributed by atoms with E-state index < -0.39 is 0 Å². The van der Waals surface area contributed by atoms with E-state index in [1.165, 1.54) is 6.42 Å². The van der Waals surface area contributed by atoms with E-state index in [2.05, 4.69) is 16.8 Å². The molecule has 2 aliphatic heterocycles. The van der Waals surface area contributed by atoms with Gasteiger partial charge in [0.25, 0.3) is 11.8 Å². The molecule has 1 aromatic rings. The third-order valence-electron chi connectivity index (χ3n) is 7.07. The standard InChI is InChI=1S/C25H35N3O3/c1-4-31-21-12-10-18(11-13-21)22-23(27(3)19-14-16-26(2)17-15-19)25(30)28(24(22)29)20-8-6-5-7-9-20/h10-13,19-20H,4-9,14-17H2,1-3H3. The number of hydrogen-bond acceptors (Lipinski definition) is 5. The summed E-state index contributed by atoms with van der Waals surface area (Å²) in [5.74, 6) is 0.538. The summed E-state index contributed by atoms with van der Waals surface area (Å²) in [5.41, 5.74) is 1.93. The van der Waals surface area contributed by atoms with Gasteiger partial charge in [-0.25, -0.2) is 0 Å². The van der Waals surface area contributed by atoms with Crippen molar-refractivity contribution in [3.8, 4) is 5.75 Å². The minimum absolute atomic E-state index is 0.0230. The van der Waals surface area contributed by atoms with Crippen molar-refractivity contribution in [1.82, 2.24) is 14.7 Å². The molecule has 168 valence electrons. The van der Waals surface area contributed by atoms with Gasteiger partial charge < -0.3 is 14.5 Å². The molecule has 4 rings (SSSR count). The van der Waals surface area contributed by atoms with Crippen LogP contribution >= 0.6 is 0 Å². The van der Waals surface area contributed by atoms with Crippen LogP contribution in [0.15, 0.2) is 30.0 Å². The first kappa shape index (κ1) is 21.9. The SMILES string of the molecule is CCOc1ccc(C2=C(N(C)C3CCN(C)CC3)C(=O)N(C3CCCCC3)C2=O)cc1. The van der Waals surface area contributed by atoms with Crippen molar-refractivity contribution in [1.29, 1.82) is 0 Å². The van der Waals surface area contributed by atoms with Crippen LogP contribution in [0.2, 0.25) is 0 Å². The molecule has 3 aliphatic rings. The molecule has 2 amide bonds. The molecule has 0 spiro atoms. The van der Waals surface area contributed by atoms with Crippen LogP contribution < -0.4 is 4.74 Å². The van der Waals surface area contributed by atoms with Gasteiger partial charge in [0, 0.05) is 19.1 Å². The maximum atomic E-state index is 13.7. The van der Waals surface area contributed by atoms with Crippen molar-refractivity contribution in [2.75, 3.05) is 33.8 Å². The van der Waals surface area contributed by atoms with E-state index in [1.54, 1.807) is 4.90 Å². The molecule has 0 bridgehead atoms. The lowest BCUT2D eigenvalue weighted by atomic mass is 9.94. The normalized spacial score (nSPS) is 21.8. The Kier molecular flexibility index (Phi) is 6.65. The van der Waals surface area contributed by atoms with E-state index in [9.17, 15) is 9.59 Å². The second kappa shape index (κ2) is 9.43. The molecule has 1 aliphatic carbocycles. The van der Waals surface area contributed by atoms with Gasteiger partial charge in [-0.05, 0) is 70.4 Å². The quantitative estimate of drug-likeness (QED) is 0.653. The number of rotatable bonds is 6. The number of amides is 2. The molecule has 1 saturated heterocycles. The number of carbonyl (C=O) groups is 2. The fourth-order valence-corrected chi connectivity index (χ4v) is 5.24. The molecular weight excluding hydrogens is 390 g/mol. The number of likely N-dealkylation sites (N-methyl/N-ethyl adjacent to an activating group) is 1. The van der Waals surface area contributed by atoms with Gasteiger partial charge in [-0.2, -0.15) is 0 Å².